The predicted octanol–water partition coefficient (Wildman–Crippen LogP) is 2.51. The molecule has 0 heterocycles. The molecule has 0 aliphatic carbocycles. The van der Waals surface area contributed by atoms with Crippen LogP contribution in [0.4, 0.5) is 0 Å². The highest BCUT2D eigenvalue weighted by Gasteiger charge is 2.01. The number of halogens is 2. The van der Waals surface area contributed by atoms with Gasteiger partial charge in [-0.2, -0.15) is 0 Å². The first kappa shape index (κ1) is 12.1. The van der Waals surface area contributed by atoms with Gasteiger partial charge in [0.2, 0.25) is 0 Å². The number of carbonyl (C=O) groups excluding carboxylic acids is 2. The van der Waals surface area contributed by atoms with Crippen LogP contribution in [0.25, 0.3) is 0 Å². The zero-order valence-electron chi connectivity index (χ0n) is 6.96. The molecule has 0 aliphatic rings. The van der Waals surface area contributed by atoms with Gasteiger partial charge in [-0.05, 0) is 30.1 Å². The molecule has 0 atom stereocenters. The van der Waals surface area contributed by atoms with Crippen LogP contribution in [0.3, 0.4) is 0 Å². The minimum absolute atomic E-state index is 1.14. The Morgan fingerprint density at radius 2 is 1.38 bits per heavy atom. The summed E-state index contributed by atoms with van der Waals surface area (Å²) in [6, 6.07) is 10.3. The van der Waals surface area contributed by atoms with Crippen molar-refractivity contribution in [2.45, 2.75) is 6.92 Å². The summed E-state index contributed by atoms with van der Waals surface area (Å²) < 4.78 is 0. The van der Waals surface area contributed by atoms with Crippen LogP contribution < -0.4 is 0 Å². The molecule has 0 radical (unpaired) electrons. The number of rotatable bonds is 1. The van der Waals surface area contributed by atoms with Crippen LogP contribution in [-0.2, 0) is 9.59 Å². The molecule has 0 saturated heterocycles. The summed E-state index contributed by atoms with van der Waals surface area (Å²) >= 11 is 8.98. The standard InChI is InChI=1S/C7H8.C2Cl2O2/c1-7-5-3-2-4-6-7;3-1(5)2(4)6/h2-6H,1H3;. The molecule has 1 rings (SSSR count). The smallest absolute Gasteiger partial charge is 0.271 e. The molecule has 1 aromatic carbocycles. The number of hydrogen-bond acceptors (Lipinski definition) is 2. The van der Waals surface area contributed by atoms with Crippen LogP contribution in [0.15, 0.2) is 30.3 Å². The van der Waals surface area contributed by atoms with Crippen LogP contribution in [0.5, 0.6) is 0 Å². The predicted molar refractivity (Wildman–Crippen MR) is 52.9 cm³/mol. The summed E-state index contributed by atoms with van der Waals surface area (Å²) in [7, 11) is 0. The van der Waals surface area contributed by atoms with Gasteiger partial charge in [0.15, 0.2) is 0 Å². The SMILES string of the molecule is Cc1ccccc1.O=C(Cl)C(=O)Cl. The molecule has 4 heteroatoms. The van der Waals surface area contributed by atoms with Gasteiger partial charge in [0.25, 0.3) is 0 Å². The van der Waals surface area contributed by atoms with Gasteiger partial charge in [-0.15, -0.1) is 0 Å². The molecule has 0 saturated carbocycles. The largest absolute Gasteiger partial charge is 0.304 e. The van der Waals surface area contributed by atoms with Gasteiger partial charge in [-0.3, -0.25) is 9.59 Å². The Morgan fingerprint density at radius 1 is 1.00 bits per heavy atom. The molecular formula is C9H8Cl2O2. The van der Waals surface area contributed by atoms with Crippen molar-refractivity contribution in [3.63, 3.8) is 0 Å². The second-order valence-electron chi connectivity index (χ2n) is 2.20. The Labute approximate surface area is 86.5 Å². The average Bonchev–Trinajstić information content (AvgIpc) is 2.06. The number of aryl methyl sites for hydroxylation is 1. The highest BCUT2D eigenvalue weighted by molar-refractivity contribution is 6.97. The summed E-state index contributed by atoms with van der Waals surface area (Å²) in [4.78, 5) is 18.9. The van der Waals surface area contributed by atoms with Crippen molar-refractivity contribution in [2.24, 2.45) is 0 Å². The third kappa shape index (κ3) is 7.50. The molecule has 0 fully saturated rings. The third-order valence-corrected chi connectivity index (χ3v) is 1.54. The van der Waals surface area contributed by atoms with E-state index < -0.39 is 10.5 Å². The van der Waals surface area contributed by atoms with Crippen molar-refractivity contribution in [3.8, 4) is 0 Å². The van der Waals surface area contributed by atoms with Crippen LogP contribution in [-0.4, -0.2) is 10.5 Å². The van der Waals surface area contributed by atoms with Gasteiger partial charge < -0.3 is 0 Å². The first-order valence-electron chi connectivity index (χ1n) is 3.45. The van der Waals surface area contributed by atoms with Gasteiger partial charge in [0, 0.05) is 0 Å². The van der Waals surface area contributed by atoms with E-state index in [0.717, 1.165) is 0 Å². The van der Waals surface area contributed by atoms with Crippen molar-refractivity contribution in [1.82, 2.24) is 0 Å². The lowest BCUT2D eigenvalue weighted by Crippen LogP contribution is -1.94. The molecular weight excluding hydrogens is 211 g/mol. The average molecular weight is 219 g/mol. The Kier molecular flexibility index (Phi) is 6.20. The number of hydrogen-bond donors (Lipinski definition) is 0. The van der Waals surface area contributed by atoms with Gasteiger partial charge in [-0.1, -0.05) is 35.9 Å². The Hall–Kier alpha value is -0.860. The zero-order chi connectivity index (χ0) is 10.3. The molecule has 70 valence electrons. The highest BCUT2D eigenvalue weighted by atomic mass is 35.5. The maximum absolute atomic E-state index is 9.43. The maximum Gasteiger partial charge on any atom is 0.304 e. The first-order chi connectivity index (χ1) is 6.04. The van der Waals surface area contributed by atoms with Gasteiger partial charge in [0.05, 0.1) is 0 Å². The molecule has 0 bridgehead atoms. The highest BCUT2D eigenvalue weighted by Crippen LogP contribution is 1.92. The maximum atomic E-state index is 9.43. The molecule has 0 aliphatic heterocycles. The quantitative estimate of drug-likeness (QED) is 0.537. The fourth-order valence-electron chi connectivity index (χ4n) is 0.534. The van der Waals surface area contributed by atoms with Gasteiger partial charge >= 0.3 is 10.5 Å². The fraction of sp³-hybridized carbons (Fsp3) is 0.111. The van der Waals surface area contributed by atoms with E-state index in [1.54, 1.807) is 0 Å². The number of carbonyl (C=O) groups is 2. The van der Waals surface area contributed by atoms with Crippen LogP contribution in [0.2, 0.25) is 0 Å². The van der Waals surface area contributed by atoms with E-state index in [2.05, 4.69) is 42.3 Å². The molecule has 0 N–H and O–H groups in total. The lowest BCUT2D eigenvalue weighted by molar-refractivity contribution is -0.127. The minimum Gasteiger partial charge on any atom is -0.271 e. The molecule has 0 unspecified atom stereocenters. The van der Waals surface area contributed by atoms with Crippen LogP contribution in [0, 0.1) is 6.92 Å². The summed E-state index contributed by atoms with van der Waals surface area (Å²) in [6.45, 7) is 2.08. The first-order valence-corrected chi connectivity index (χ1v) is 4.20. The second kappa shape index (κ2) is 6.63. The third-order valence-electron chi connectivity index (χ3n) is 1.09. The Bertz CT molecular complexity index is 271. The normalized spacial score (nSPS) is 8.23. The molecule has 0 spiro atoms. The van der Waals surface area contributed by atoms with Gasteiger partial charge in [0.1, 0.15) is 0 Å². The minimum atomic E-state index is -1.14. The van der Waals surface area contributed by atoms with E-state index in [-0.39, 0.29) is 0 Å². The summed E-state index contributed by atoms with van der Waals surface area (Å²) in [5.41, 5.74) is 1.32. The molecule has 2 nitrogen and oxygen atoms in total. The molecule has 13 heavy (non-hydrogen) atoms. The topological polar surface area (TPSA) is 34.1 Å². The van der Waals surface area contributed by atoms with E-state index in [4.69, 9.17) is 0 Å². The van der Waals surface area contributed by atoms with Crippen molar-refractivity contribution >= 4 is 33.7 Å². The fourth-order valence-corrected chi connectivity index (χ4v) is 0.534. The molecule has 1 aromatic rings. The lowest BCUT2D eigenvalue weighted by Gasteiger charge is -1.82. The molecule has 0 amide bonds. The van der Waals surface area contributed by atoms with Gasteiger partial charge in [-0.25, -0.2) is 0 Å². The monoisotopic (exact) mass is 218 g/mol. The zero-order valence-corrected chi connectivity index (χ0v) is 8.47. The van der Waals surface area contributed by atoms with Crippen molar-refractivity contribution < 1.29 is 9.59 Å². The summed E-state index contributed by atoms with van der Waals surface area (Å²) in [5, 5.41) is -2.28. The van der Waals surface area contributed by atoms with E-state index in [1.807, 2.05) is 18.2 Å². The van der Waals surface area contributed by atoms with Crippen molar-refractivity contribution in [3.05, 3.63) is 35.9 Å². The second-order valence-corrected chi connectivity index (χ2v) is 2.89. The summed E-state index contributed by atoms with van der Waals surface area (Å²) in [5.74, 6) is 0. The van der Waals surface area contributed by atoms with Crippen LogP contribution in [0.1, 0.15) is 5.56 Å². The Morgan fingerprint density at radius 3 is 1.54 bits per heavy atom. The van der Waals surface area contributed by atoms with E-state index in [9.17, 15) is 9.59 Å². The summed E-state index contributed by atoms with van der Waals surface area (Å²) in [6.07, 6.45) is 0. The molecule has 0 aromatic heterocycles. The van der Waals surface area contributed by atoms with Crippen LogP contribution >= 0.6 is 23.2 Å². The van der Waals surface area contributed by atoms with Crippen molar-refractivity contribution in [1.29, 1.82) is 0 Å². The van der Waals surface area contributed by atoms with Crippen molar-refractivity contribution in [2.75, 3.05) is 0 Å². The number of benzene rings is 1. The Balaban J connectivity index is 0.000000226. The van der Waals surface area contributed by atoms with E-state index in [1.165, 1.54) is 5.56 Å². The lowest BCUT2D eigenvalue weighted by atomic mass is 10.2. The van der Waals surface area contributed by atoms with E-state index >= 15 is 0 Å². The van der Waals surface area contributed by atoms with E-state index in [0.29, 0.717) is 0 Å².